The van der Waals surface area contributed by atoms with Gasteiger partial charge in [0.1, 0.15) is 12.7 Å². The Hall–Kier alpha value is -2.25. The smallest absolute Gasteiger partial charge is 0.258 e. The van der Waals surface area contributed by atoms with E-state index in [-0.39, 0.29) is 12.0 Å². The minimum atomic E-state index is 0.154. The second-order valence-electron chi connectivity index (χ2n) is 3.99. The van der Waals surface area contributed by atoms with Crippen LogP contribution in [0.25, 0.3) is 5.95 Å². The Balaban J connectivity index is 2.22. The van der Waals surface area contributed by atoms with Crippen molar-refractivity contribution >= 4 is 11.9 Å². The van der Waals surface area contributed by atoms with Crippen LogP contribution in [0.2, 0.25) is 0 Å². The molecule has 0 amide bonds. The number of nitrogens with one attached hydrogen (secondary N) is 1. The zero-order valence-electron chi connectivity index (χ0n) is 10.4. The Morgan fingerprint density at radius 3 is 2.89 bits per heavy atom. The fourth-order valence-electron chi connectivity index (χ4n) is 1.58. The molecule has 96 valence electrons. The molecule has 3 N–H and O–H groups in total. The number of anilines is 2. The molecule has 0 aliphatic rings. The average Bonchev–Trinajstić information content (AvgIpc) is 2.81. The molecule has 2 rings (SSSR count). The number of nitrogens with zero attached hydrogens (tertiary/aromatic N) is 6. The van der Waals surface area contributed by atoms with Crippen LogP contribution in [-0.4, -0.2) is 35.8 Å². The van der Waals surface area contributed by atoms with Crippen molar-refractivity contribution in [3.8, 4) is 5.95 Å². The maximum atomic E-state index is 5.65. The molecule has 0 aliphatic carbocycles. The first-order valence-corrected chi connectivity index (χ1v) is 5.82. The highest BCUT2D eigenvalue weighted by atomic mass is 15.4. The van der Waals surface area contributed by atoms with Crippen LogP contribution in [0.4, 0.5) is 11.9 Å². The van der Waals surface area contributed by atoms with Crippen molar-refractivity contribution in [2.45, 2.75) is 32.7 Å². The Morgan fingerprint density at radius 2 is 2.22 bits per heavy atom. The molecule has 2 aromatic heterocycles. The van der Waals surface area contributed by atoms with Crippen molar-refractivity contribution < 1.29 is 0 Å². The second kappa shape index (κ2) is 5.39. The van der Waals surface area contributed by atoms with Crippen LogP contribution >= 0.6 is 0 Å². The summed E-state index contributed by atoms with van der Waals surface area (Å²) in [6.45, 7) is 4.19. The number of nitrogens with two attached hydrogens (primary N) is 1. The first-order valence-electron chi connectivity index (χ1n) is 5.82. The standard InChI is InChI=1S/C10H16N8/c1-3-4-7(2)14-9-15-8(11)16-10(17-9)18-6-12-5-13-18/h5-7H,3-4H2,1-2H3,(H3,11,14,15,16,17). The first kappa shape index (κ1) is 12.2. The lowest BCUT2D eigenvalue weighted by atomic mass is 10.2. The van der Waals surface area contributed by atoms with Crippen molar-refractivity contribution in [1.29, 1.82) is 0 Å². The molecule has 8 heteroatoms. The summed E-state index contributed by atoms with van der Waals surface area (Å²) in [5.41, 5.74) is 5.65. The van der Waals surface area contributed by atoms with Crippen LogP contribution in [0.5, 0.6) is 0 Å². The Labute approximate surface area is 105 Å². The summed E-state index contributed by atoms with van der Waals surface area (Å²) in [6.07, 6.45) is 5.04. The minimum Gasteiger partial charge on any atom is -0.368 e. The zero-order chi connectivity index (χ0) is 13.0. The third-order valence-corrected chi connectivity index (χ3v) is 2.36. The average molecular weight is 248 g/mol. The molecule has 0 bridgehead atoms. The molecule has 0 spiro atoms. The molecular formula is C10H16N8. The molecule has 8 nitrogen and oxygen atoms in total. The first-order chi connectivity index (χ1) is 8.69. The van der Waals surface area contributed by atoms with E-state index in [1.807, 2.05) is 0 Å². The molecule has 0 aromatic carbocycles. The van der Waals surface area contributed by atoms with E-state index in [9.17, 15) is 0 Å². The Kier molecular flexibility index (Phi) is 3.66. The van der Waals surface area contributed by atoms with Crippen LogP contribution in [0.3, 0.4) is 0 Å². The number of nitrogen functional groups attached to an aromatic ring is 1. The summed E-state index contributed by atoms with van der Waals surface area (Å²) in [6, 6.07) is 0.278. The van der Waals surface area contributed by atoms with Crippen LogP contribution in [0.15, 0.2) is 12.7 Å². The van der Waals surface area contributed by atoms with Gasteiger partial charge in [-0.05, 0) is 13.3 Å². The van der Waals surface area contributed by atoms with Crippen molar-refractivity contribution in [1.82, 2.24) is 29.7 Å². The quantitative estimate of drug-likeness (QED) is 0.799. The molecule has 0 saturated carbocycles. The van der Waals surface area contributed by atoms with Gasteiger partial charge in [-0.1, -0.05) is 13.3 Å². The summed E-state index contributed by atoms with van der Waals surface area (Å²) in [5, 5.41) is 7.14. The summed E-state index contributed by atoms with van der Waals surface area (Å²) >= 11 is 0. The SMILES string of the molecule is CCCC(C)Nc1nc(N)nc(-n2cncn2)n1. The van der Waals surface area contributed by atoms with Gasteiger partial charge in [0.25, 0.3) is 5.95 Å². The number of rotatable bonds is 5. The number of hydrogen-bond donors (Lipinski definition) is 2. The van der Waals surface area contributed by atoms with E-state index < -0.39 is 0 Å². The molecule has 1 atom stereocenters. The zero-order valence-corrected chi connectivity index (χ0v) is 10.4. The van der Waals surface area contributed by atoms with Gasteiger partial charge in [0.15, 0.2) is 0 Å². The fraction of sp³-hybridized carbons (Fsp3) is 0.500. The molecule has 2 heterocycles. The summed E-state index contributed by atoms with van der Waals surface area (Å²) in [7, 11) is 0. The van der Waals surface area contributed by atoms with E-state index in [0.717, 1.165) is 12.8 Å². The van der Waals surface area contributed by atoms with Crippen LogP contribution < -0.4 is 11.1 Å². The van der Waals surface area contributed by atoms with Gasteiger partial charge >= 0.3 is 0 Å². The molecule has 0 fully saturated rings. The van der Waals surface area contributed by atoms with E-state index in [2.05, 4.69) is 44.2 Å². The molecule has 0 aliphatic heterocycles. The van der Waals surface area contributed by atoms with Crippen LogP contribution in [0, 0.1) is 0 Å². The second-order valence-corrected chi connectivity index (χ2v) is 3.99. The summed E-state index contributed by atoms with van der Waals surface area (Å²) < 4.78 is 1.44. The highest BCUT2D eigenvalue weighted by Gasteiger charge is 2.08. The van der Waals surface area contributed by atoms with Gasteiger partial charge in [-0.3, -0.25) is 0 Å². The van der Waals surface area contributed by atoms with E-state index in [0.29, 0.717) is 11.9 Å². The molecule has 18 heavy (non-hydrogen) atoms. The highest BCUT2D eigenvalue weighted by molar-refractivity contribution is 5.35. The van der Waals surface area contributed by atoms with Crippen molar-refractivity contribution in [3.05, 3.63) is 12.7 Å². The van der Waals surface area contributed by atoms with Crippen molar-refractivity contribution in [2.75, 3.05) is 11.1 Å². The highest BCUT2D eigenvalue weighted by Crippen LogP contribution is 2.08. The van der Waals surface area contributed by atoms with Gasteiger partial charge in [-0.25, -0.2) is 4.98 Å². The van der Waals surface area contributed by atoms with Crippen LogP contribution in [-0.2, 0) is 0 Å². The van der Waals surface area contributed by atoms with Crippen molar-refractivity contribution in [2.24, 2.45) is 0 Å². The lowest BCUT2D eigenvalue weighted by molar-refractivity contribution is 0.680. The Morgan fingerprint density at radius 1 is 1.39 bits per heavy atom. The third kappa shape index (κ3) is 2.90. The summed E-state index contributed by atoms with van der Waals surface area (Å²) in [5.74, 6) is 0.960. The van der Waals surface area contributed by atoms with Gasteiger partial charge in [-0.15, -0.1) is 0 Å². The predicted molar refractivity (Wildman–Crippen MR) is 67.1 cm³/mol. The van der Waals surface area contributed by atoms with Crippen molar-refractivity contribution in [3.63, 3.8) is 0 Å². The fourth-order valence-corrected chi connectivity index (χ4v) is 1.58. The third-order valence-electron chi connectivity index (χ3n) is 2.36. The molecule has 0 radical (unpaired) electrons. The topological polar surface area (TPSA) is 107 Å². The lowest BCUT2D eigenvalue weighted by Crippen LogP contribution is -2.18. The monoisotopic (exact) mass is 248 g/mol. The minimum absolute atomic E-state index is 0.154. The van der Waals surface area contributed by atoms with E-state index >= 15 is 0 Å². The predicted octanol–water partition coefficient (Wildman–Crippen LogP) is 0.635. The molecule has 0 saturated heterocycles. The lowest BCUT2D eigenvalue weighted by Gasteiger charge is -2.13. The maximum absolute atomic E-state index is 5.65. The van der Waals surface area contributed by atoms with E-state index in [1.54, 1.807) is 0 Å². The van der Waals surface area contributed by atoms with Gasteiger partial charge in [0, 0.05) is 6.04 Å². The largest absolute Gasteiger partial charge is 0.368 e. The Bertz CT molecular complexity index is 495. The number of hydrogen-bond acceptors (Lipinski definition) is 7. The number of aromatic nitrogens is 6. The van der Waals surface area contributed by atoms with Gasteiger partial charge < -0.3 is 11.1 Å². The van der Waals surface area contributed by atoms with Gasteiger partial charge in [0.05, 0.1) is 0 Å². The molecular weight excluding hydrogens is 232 g/mol. The maximum Gasteiger partial charge on any atom is 0.258 e. The molecule has 1 unspecified atom stereocenters. The van der Waals surface area contributed by atoms with Gasteiger partial charge in [0.2, 0.25) is 11.9 Å². The summed E-state index contributed by atoms with van der Waals surface area (Å²) in [4.78, 5) is 16.1. The molecule has 2 aromatic rings. The normalized spacial score (nSPS) is 12.3. The van der Waals surface area contributed by atoms with Crippen LogP contribution in [0.1, 0.15) is 26.7 Å². The van der Waals surface area contributed by atoms with Gasteiger partial charge in [-0.2, -0.15) is 24.7 Å². The van der Waals surface area contributed by atoms with E-state index in [4.69, 9.17) is 5.73 Å². The van der Waals surface area contributed by atoms with E-state index in [1.165, 1.54) is 17.3 Å².